The molecule has 96 valence electrons. The van der Waals surface area contributed by atoms with Gasteiger partial charge < -0.3 is 9.64 Å². The Morgan fingerprint density at radius 1 is 1.39 bits per heavy atom. The highest BCUT2D eigenvalue weighted by Crippen LogP contribution is 2.38. The molecule has 1 aromatic carbocycles. The second-order valence-corrected chi connectivity index (χ2v) is 5.25. The van der Waals surface area contributed by atoms with Crippen molar-refractivity contribution in [3.63, 3.8) is 0 Å². The molecule has 0 aromatic heterocycles. The number of fused-ring (bicyclic) bond motifs is 1. The van der Waals surface area contributed by atoms with Gasteiger partial charge in [0.05, 0.1) is 16.7 Å². The highest BCUT2D eigenvalue weighted by Gasteiger charge is 2.36. The van der Waals surface area contributed by atoms with Crippen molar-refractivity contribution in [3.8, 4) is 5.75 Å². The van der Waals surface area contributed by atoms with E-state index in [1.165, 1.54) is 6.92 Å². The molecule has 0 unspecified atom stereocenters. The van der Waals surface area contributed by atoms with E-state index in [1.807, 2.05) is 13.8 Å². The summed E-state index contributed by atoms with van der Waals surface area (Å²) in [5, 5.41) is 0. The summed E-state index contributed by atoms with van der Waals surface area (Å²) in [6.45, 7) is 5.45. The average Bonchev–Trinajstić information content (AvgIpc) is 2.40. The van der Waals surface area contributed by atoms with Crippen LogP contribution in [0.2, 0.25) is 0 Å². The van der Waals surface area contributed by atoms with Crippen LogP contribution in [0.15, 0.2) is 18.2 Å². The van der Waals surface area contributed by atoms with Gasteiger partial charge in [-0.3, -0.25) is 9.59 Å². The van der Waals surface area contributed by atoms with Gasteiger partial charge in [-0.1, -0.05) is 6.07 Å². The van der Waals surface area contributed by atoms with E-state index in [0.29, 0.717) is 17.0 Å². The molecule has 1 aromatic rings. The smallest absolute Gasteiger partial charge is 0.235 e. The van der Waals surface area contributed by atoms with Crippen LogP contribution in [-0.4, -0.2) is 25.3 Å². The normalized spacial score (nSPS) is 17.8. The first-order chi connectivity index (χ1) is 8.34. The summed E-state index contributed by atoms with van der Waals surface area (Å²) in [5.41, 5.74) is 0.574. The van der Waals surface area contributed by atoms with Crippen molar-refractivity contribution in [2.75, 3.05) is 18.6 Å². The maximum absolute atomic E-state index is 12.3. The molecule has 1 aliphatic heterocycles. The number of ketones is 1. The van der Waals surface area contributed by atoms with Crippen LogP contribution in [0.5, 0.6) is 5.75 Å². The predicted octanol–water partition coefficient (Wildman–Crippen LogP) is 2.27. The number of hydrogen-bond donors (Lipinski definition) is 0. The third kappa shape index (κ3) is 1.88. The monoisotopic (exact) mass is 247 g/mol. The maximum Gasteiger partial charge on any atom is 0.235 e. The number of para-hydroxylation sites is 1. The standard InChI is InChI=1S/C14H17NO3/c1-9(16)10-6-5-7-11-12(10)18-8-14(2,3)13(17)15(11)4/h5-7H,8H2,1-4H3. The molecule has 1 aliphatic rings. The molecule has 1 amide bonds. The van der Waals surface area contributed by atoms with Gasteiger partial charge in [-0.25, -0.2) is 0 Å². The van der Waals surface area contributed by atoms with Gasteiger partial charge in [0.1, 0.15) is 6.61 Å². The van der Waals surface area contributed by atoms with Crippen molar-refractivity contribution in [1.29, 1.82) is 0 Å². The van der Waals surface area contributed by atoms with Gasteiger partial charge in [0.2, 0.25) is 5.91 Å². The summed E-state index contributed by atoms with van der Waals surface area (Å²) in [6.07, 6.45) is 0. The third-order valence-electron chi connectivity index (χ3n) is 3.20. The quantitative estimate of drug-likeness (QED) is 0.715. The Kier molecular flexibility index (Phi) is 2.89. The van der Waals surface area contributed by atoms with Crippen molar-refractivity contribution in [3.05, 3.63) is 23.8 Å². The Balaban J connectivity index is 2.60. The van der Waals surface area contributed by atoms with Crippen molar-refractivity contribution >= 4 is 17.4 Å². The van der Waals surface area contributed by atoms with E-state index in [2.05, 4.69) is 0 Å². The van der Waals surface area contributed by atoms with E-state index in [4.69, 9.17) is 4.74 Å². The Labute approximate surface area is 107 Å². The first-order valence-corrected chi connectivity index (χ1v) is 5.89. The molecule has 0 atom stereocenters. The van der Waals surface area contributed by atoms with Crippen LogP contribution in [0, 0.1) is 5.41 Å². The van der Waals surface area contributed by atoms with Gasteiger partial charge in [0.25, 0.3) is 0 Å². The van der Waals surface area contributed by atoms with Crippen LogP contribution in [0.25, 0.3) is 0 Å². The minimum absolute atomic E-state index is 0.0121. The number of benzene rings is 1. The molecule has 4 heteroatoms. The second kappa shape index (κ2) is 4.12. The van der Waals surface area contributed by atoms with E-state index in [0.717, 1.165) is 0 Å². The van der Waals surface area contributed by atoms with Crippen LogP contribution >= 0.6 is 0 Å². The Morgan fingerprint density at radius 3 is 2.67 bits per heavy atom. The maximum atomic E-state index is 12.3. The second-order valence-electron chi connectivity index (χ2n) is 5.25. The molecule has 0 aliphatic carbocycles. The van der Waals surface area contributed by atoms with Crippen LogP contribution in [0.1, 0.15) is 31.1 Å². The first kappa shape index (κ1) is 12.6. The zero-order valence-electron chi connectivity index (χ0n) is 11.1. The zero-order chi connectivity index (χ0) is 13.5. The molecule has 2 rings (SSSR count). The first-order valence-electron chi connectivity index (χ1n) is 5.89. The fourth-order valence-corrected chi connectivity index (χ4v) is 2.10. The Morgan fingerprint density at radius 2 is 2.06 bits per heavy atom. The van der Waals surface area contributed by atoms with Crippen LogP contribution in [-0.2, 0) is 4.79 Å². The zero-order valence-corrected chi connectivity index (χ0v) is 11.1. The number of hydrogen-bond acceptors (Lipinski definition) is 3. The SMILES string of the molecule is CC(=O)c1cccc2c1OCC(C)(C)C(=O)N2C. The minimum atomic E-state index is -0.595. The molecule has 18 heavy (non-hydrogen) atoms. The number of ether oxygens (including phenoxy) is 1. The van der Waals surface area contributed by atoms with Crippen LogP contribution in [0.4, 0.5) is 5.69 Å². The summed E-state index contributed by atoms with van der Waals surface area (Å²) >= 11 is 0. The minimum Gasteiger partial charge on any atom is -0.490 e. The van der Waals surface area contributed by atoms with Crippen molar-refractivity contribution in [1.82, 2.24) is 0 Å². The lowest BCUT2D eigenvalue weighted by molar-refractivity contribution is -0.127. The van der Waals surface area contributed by atoms with Crippen molar-refractivity contribution in [2.45, 2.75) is 20.8 Å². The molecule has 0 saturated heterocycles. The van der Waals surface area contributed by atoms with E-state index in [1.54, 1.807) is 30.1 Å². The topological polar surface area (TPSA) is 46.6 Å². The van der Waals surface area contributed by atoms with Gasteiger partial charge >= 0.3 is 0 Å². The number of rotatable bonds is 1. The van der Waals surface area contributed by atoms with Crippen molar-refractivity contribution in [2.24, 2.45) is 5.41 Å². The molecule has 0 spiro atoms. The Bertz CT molecular complexity index is 520. The average molecular weight is 247 g/mol. The summed E-state index contributed by atoms with van der Waals surface area (Å²) in [7, 11) is 1.71. The molecule has 0 radical (unpaired) electrons. The molecular formula is C14H17NO3. The third-order valence-corrected chi connectivity index (χ3v) is 3.20. The van der Waals surface area contributed by atoms with Gasteiger partial charge in [-0.15, -0.1) is 0 Å². The number of nitrogens with zero attached hydrogens (tertiary/aromatic N) is 1. The lowest BCUT2D eigenvalue weighted by Gasteiger charge is -2.24. The van der Waals surface area contributed by atoms with E-state index >= 15 is 0 Å². The number of carbonyl (C=O) groups is 2. The van der Waals surface area contributed by atoms with Gasteiger partial charge in [0.15, 0.2) is 11.5 Å². The van der Waals surface area contributed by atoms with Gasteiger partial charge in [-0.05, 0) is 32.9 Å². The predicted molar refractivity (Wildman–Crippen MR) is 69.1 cm³/mol. The van der Waals surface area contributed by atoms with E-state index in [9.17, 15) is 9.59 Å². The lowest BCUT2D eigenvalue weighted by atomic mass is 9.93. The van der Waals surface area contributed by atoms with Crippen molar-refractivity contribution < 1.29 is 14.3 Å². The largest absolute Gasteiger partial charge is 0.490 e. The lowest BCUT2D eigenvalue weighted by Crippen LogP contribution is -2.39. The molecule has 4 nitrogen and oxygen atoms in total. The highest BCUT2D eigenvalue weighted by molar-refractivity contribution is 6.03. The molecule has 0 N–H and O–H groups in total. The molecular weight excluding hydrogens is 230 g/mol. The summed E-state index contributed by atoms with van der Waals surface area (Å²) in [5.74, 6) is 0.431. The molecule has 0 fully saturated rings. The Hall–Kier alpha value is -1.84. The molecule has 0 bridgehead atoms. The summed E-state index contributed by atoms with van der Waals surface area (Å²) in [6, 6.07) is 5.28. The van der Waals surface area contributed by atoms with Crippen LogP contribution < -0.4 is 9.64 Å². The number of anilines is 1. The van der Waals surface area contributed by atoms with E-state index < -0.39 is 5.41 Å². The molecule has 1 heterocycles. The fraction of sp³-hybridized carbons (Fsp3) is 0.429. The summed E-state index contributed by atoms with van der Waals surface area (Å²) in [4.78, 5) is 25.4. The number of Topliss-reactive ketones (excluding diaryl/α,β-unsaturated/α-hetero) is 1. The van der Waals surface area contributed by atoms with Gasteiger partial charge in [-0.2, -0.15) is 0 Å². The molecule has 0 saturated carbocycles. The van der Waals surface area contributed by atoms with Crippen LogP contribution in [0.3, 0.4) is 0 Å². The number of carbonyl (C=O) groups excluding carboxylic acids is 2. The van der Waals surface area contributed by atoms with Gasteiger partial charge in [0, 0.05) is 7.05 Å². The summed E-state index contributed by atoms with van der Waals surface area (Å²) < 4.78 is 5.71. The fourth-order valence-electron chi connectivity index (χ4n) is 2.10. The number of amides is 1. The highest BCUT2D eigenvalue weighted by atomic mass is 16.5. The van der Waals surface area contributed by atoms with E-state index in [-0.39, 0.29) is 18.3 Å².